The van der Waals surface area contributed by atoms with Crippen molar-refractivity contribution in [3.8, 4) is 5.75 Å². The maximum atomic E-state index is 13.9. The summed E-state index contributed by atoms with van der Waals surface area (Å²) in [6.45, 7) is 13.3. The Morgan fingerprint density at radius 3 is 2.26 bits per heavy atom. The molecule has 2 amide bonds. The van der Waals surface area contributed by atoms with Gasteiger partial charge >= 0.3 is 6.09 Å². The van der Waals surface area contributed by atoms with Crippen molar-refractivity contribution in [3.05, 3.63) is 42.5 Å². The first-order valence-electron chi connectivity index (χ1n) is 16.9. The van der Waals surface area contributed by atoms with E-state index in [2.05, 4.69) is 17.2 Å². The SMILES string of the molecule is C=C[C@@]1(C)CC(=O)[C@]2(O)[C@@]3(C)[C@@H](O)CCC(C)(C)[C@@H]3[C@H](OC(=O)NCCCCCCNC(=O)CCc3ccc(O)cc3)[C@H](O)[C@@]2(C)O1. The van der Waals surface area contributed by atoms with Gasteiger partial charge < -0.3 is 40.5 Å². The third kappa shape index (κ3) is 6.82. The zero-order valence-corrected chi connectivity index (χ0v) is 28.5. The number of Topliss-reactive ketones (excluding diaryl/α,β-unsaturated/α-hetero) is 1. The van der Waals surface area contributed by atoms with Crippen LogP contribution < -0.4 is 10.6 Å². The highest BCUT2D eigenvalue weighted by molar-refractivity contribution is 5.92. The molecule has 8 atom stereocenters. The first-order chi connectivity index (χ1) is 21.9. The van der Waals surface area contributed by atoms with E-state index in [1.54, 1.807) is 38.1 Å². The highest BCUT2D eigenvalue weighted by Gasteiger charge is 2.81. The molecule has 1 aromatic rings. The van der Waals surface area contributed by atoms with Gasteiger partial charge in [0.15, 0.2) is 11.4 Å². The standard InChI is InChI=1S/C36H54N2O9/c1-7-33(4)22-26(41)36(45)34(5)25(40)18-19-32(2,3)29(34)28(30(43)35(36,6)47-33)46-31(44)38-21-11-9-8-10-20-37-27(42)17-14-23-12-15-24(39)16-13-23/h7,12-13,15-16,25,28-30,39-40,43,45H,1,8-11,14,17-22H2,2-6H3,(H,37,42)(H,38,44)/t25-,28-,29-,30-,33-,34-,35+,36-/m0/s1. The molecule has 0 aromatic heterocycles. The molecule has 1 heterocycles. The Labute approximate surface area is 278 Å². The number of amides is 2. The van der Waals surface area contributed by atoms with E-state index in [1.165, 1.54) is 13.0 Å². The molecule has 0 unspecified atom stereocenters. The first kappa shape index (κ1) is 36.8. The molecule has 0 radical (unpaired) electrons. The Hall–Kier alpha value is -2.99. The van der Waals surface area contributed by atoms with Crippen molar-refractivity contribution in [2.45, 2.75) is 128 Å². The minimum absolute atomic E-state index is 0.0263. The number of ether oxygens (including phenoxy) is 2. The van der Waals surface area contributed by atoms with Crippen molar-refractivity contribution >= 4 is 17.8 Å². The fraction of sp³-hybridized carbons (Fsp3) is 0.694. The number of hydrogen-bond donors (Lipinski definition) is 6. The maximum Gasteiger partial charge on any atom is 0.407 e. The van der Waals surface area contributed by atoms with E-state index in [0.29, 0.717) is 45.2 Å². The van der Waals surface area contributed by atoms with Gasteiger partial charge in [0.25, 0.3) is 0 Å². The van der Waals surface area contributed by atoms with Gasteiger partial charge in [0.1, 0.15) is 23.6 Å². The van der Waals surface area contributed by atoms with E-state index >= 15 is 0 Å². The summed E-state index contributed by atoms with van der Waals surface area (Å²) < 4.78 is 12.3. The molecule has 2 saturated carbocycles. The van der Waals surface area contributed by atoms with Gasteiger partial charge in [0.05, 0.1) is 11.7 Å². The van der Waals surface area contributed by atoms with Crippen LogP contribution in [0, 0.1) is 16.7 Å². The van der Waals surface area contributed by atoms with Crippen molar-refractivity contribution in [3.63, 3.8) is 0 Å². The van der Waals surface area contributed by atoms with Gasteiger partial charge in [-0.05, 0) is 69.1 Å². The second kappa shape index (κ2) is 13.9. The number of alkyl carbamates (subject to hydrolysis) is 1. The predicted octanol–water partition coefficient (Wildman–Crippen LogP) is 3.70. The summed E-state index contributed by atoms with van der Waals surface area (Å²) in [6.07, 6.45) is 1.64. The number of carbonyl (C=O) groups excluding carboxylic acids is 3. The lowest BCUT2D eigenvalue weighted by atomic mass is 9.40. The lowest BCUT2D eigenvalue weighted by Crippen LogP contribution is -2.86. The molecular weight excluding hydrogens is 604 g/mol. The average molecular weight is 659 g/mol. The van der Waals surface area contributed by atoms with Gasteiger partial charge in [0.2, 0.25) is 5.91 Å². The number of aliphatic hydroxyl groups is 3. The van der Waals surface area contributed by atoms with E-state index in [4.69, 9.17) is 9.47 Å². The Bertz CT molecular complexity index is 1320. The Balaban J connectivity index is 1.31. The van der Waals surface area contributed by atoms with Gasteiger partial charge in [-0.3, -0.25) is 9.59 Å². The zero-order chi connectivity index (χ0) is 34.8. The van der Waals surface area contributed by atoms with E-state index in [9.17, 15) is 34.8 Å². The number of phenols is 1. The molecule has 3 fully saturated rings. The summed E-state index contributed by atoms with van der Waals surface area (Å²) in [5.74, 6) is -1.15. The Kier molecular flexibility index (Phi) is 10.9. The third-order valence-corrected chi connectivity index (χ3v) is 11.3. The van der Waals surface area contributed by atoms with Crippen LogP contribution in [0.4, 0.5) is 4.79 Å². The minimum Gasteiger partial charge on any atom is -0.508 e. The van der Waals surface area contributed by atoms with Crippen LogP contribution in [0.5, 0.6) is 5.75 Å². The summed E-state index contributed by atoms with van der Waals surface area (Å²) in [5, 5.41) is 50.8. The first-order valence-corrected chi connectivity index (χ1v) is 16.9. The monoisotopic (exact) mass is 658 g/mol. The largest absolute Gasteiger partial charge is 0.508 e. The van der Waals surface area contributed by atoms with E-state index in [0.717, 1.165) is 24.8 Å². The molecule has 1 aliphatic heterocycles. The summed E-state index contributed by atoms with van der Waals surface area (Å²) >= 11 is 0. The van der Waals surface area contributed by atoms with Gasteiger partial charge in [-0.1, -0.05) is 51.8 Å². The highest BCUT2D eigenvalue weighted by Crippen LogP contribution is 2.67. The summed E-state index contributed by atoms with van der Waals surface area (Å²) in [7, 11) is 0. The number of fused-ring (bicyclic) bond motifs is 3. The van der Waals surface area contributed by atoms with Crippen molar-refractivity contribution < 1.29 is 44.3 Å². The van der Waals surface area contributed by atoms with E-state index in [1.807, 2.05) is 13.8 Å². The Morgan fingerprint density at radius 1 is 1.02 bits per heavy atom. The molecule has 11 heteroatoms. The van der Waals surface area contributed by atoms with Crippen LogP contribution in [0.15, 0.2) is 36.9 Å². The van der Waals surface area contributed by atoms with Crippen LogP contribution in [0.2, 0.25) is 0 Å². The smallest absolute Gasteiger partial charge is 0.407 e. The topological polar surface area (TPSA) is 175 Å². The van der Waals surface area contributed by atoms with Crippen LogP contribution in [0.1, 0.15) is 91.5 Å². The minimum atomic E-state index is -2.26. The molecule has 262 valence electrons. The normalized spacial score (nSPS) is 36.0. The predicted molar refractivity (Wildman–Crippen MR) is 175 cm³/mol. The third-order valence-electron chi connectivity index (χ3n) is 11.3. The molecule has 6 N–H and O–H groups in total. The zero-order valence-electron chi connectivity index (χ0n) is 28.5. The van der Waals surface area contributed by atoms with Crippen molar-refractivity contribution in [1.82, 2.24) is 10.6 Å². The summed E-state index contributed by atoms with van der Waals surface area (Å²) in [5.41, 5.74) is -6.46. The van der Waals surface area contributed by atoms with Crippen LogP contribution in [-0.2, 0) is 25.5 Å². The second-order valence-electron chi connectivity index (χ2n) is 15.0. The summed E-state index contributed by atoms with van der Waals surface area (Å²) in [6, 6.07) is 6.81. The number of ketones is 1. The fourth-order valence-electron chi connectivity index (χ4n) is 8.60. The number of aliphatic hydroxyl groups excluding tert-OH is 2. The molecular formula is C36H54N2O9. The van der Waals surface area contributed by atoms with Crippen LogP contribution in [-0.4, -0.2) is 86.4 Å². The average Bonchev–Trinajstić information content (AvgIpc) is 3.01. The van der Waals surface area contributed by atoms with Gasteiger partial charge in [-0.25, -0.2) is 4.79 Å². The number of rotatable bonds is 12. The Morgan fingerprint density at radius 2 is 1.64 bits per heavy atom. The highest BCUT2D eigenvalue weighted by atomic mass is 16.6. The summed E-state index contributed by atoms with van der Waals surface area (Å²) in [4.78, 5) is 39.2. The van der Waals surface area contributed by atoms with Gasteiger partial charge in [-0.2, -0.15) is 0 Å². The fourth-order valence-corrected chi connectivity index (χ4v) is 8.60. The number of unbranched alkanes of at least 4 members (excludes halogenated alkanes) is 3. The molecule has 47 heavy (non-hydrogen) atoms. The number of aromatic hydroxyl groups is 1. The van der Waals surface area contributed by atoms with Crippen LogP contribution >= 0.6 is 0 Å². The van der Waals surface area contributed by atoms with Gasteiger partial charge in [-0.15, -0.1) is 6.58 Å². The number of nitrogens with one attached hydrogen (secondary N) is 2. The molecule has 4 rings (SSSR count). The lowest BCUT2D eigenvalue weighted by molar-refractivity contribution is -0.369. The van der Waals surface area contributed by atoms with Gasteiger partial charge in [0, 0.05) is 37.3 Å². The number of carbonyl (C=O) groups is 3. The van der Waals surface area contributed by atoms with Crippen molar-refractivity contribution in [1.29, 1.82) is 0 Å². The molecule has 1 aromatic carbocycles. The second-order valence-corrected chi connectivity index (χ2v) is 15.0. The van der Waals surface area contributed by atoms with E-state index < -0.39 is 63.7 Å². The van der Waals surface area contributed by atoms with Crippen molar-refractivity contribution in [2.24, 2.45) is 16.7 Å². The van der Waals surface area contributed by atoms with Crippen LogP contribution in [0.25, 0.3) is 0 Å². The molecule has 11 nitrogen and oxygen atoms in total. The molecule has 1 saturated heterocycles. The number of hydrogen-bond acceptors (Lipinski definition) is 9. The van der Waals surface area contributed by atoms with Crippen molar-refractivity contribution in [2.75, 3.05) is 13.1 Å². The number of benzene rings is 1. The maximum absolute atomic E-state index is 13.9. The molecule has 2 aliphatic carbocycles. The van der Waals surface area contributed by atoms with E-state index in [-0.39, 0.29) is 18.1 Å². The molecule has 3 aliphatic rings. The van der Waals surface area contributed by atoms with Crippen LogP contribution in [0.3, 0.4) is 0 Å². The molecule has 0 spiro atoms. The molecule has 0 bridgehead atoms. The quantitative estimate of drug-likeness (QED) is 0.145. The lowest BCUT2D eigenvalue weighted by Gasteiger charge is -2.71. The number of phenolic OH excluding ortho intramolecular Hbond substituents is 1. The number of aryl methyl sites for hydroxylation is 1.